The van der Waals surface area contributed by atoms with Crippen LogP contribution in [-0.4, -0.2) is 11.7 Å². The van der Waals surface area contributed by atoms with Crippen LogP contribution in [0.1, 0.15) is 36.4 Å². The number of alkyl halides is 3. The molecule has 0 unspecified atom stereocenters. The molecule has 0 aliphatic carbocycles. The molecule has 1 heterocycles. The maximum Gasteiger partial charge on any atom is 0.416 e. The molecular weight excluding hydrogens is 231 g/mol. The molecule has 17 heavy (non-hydrogen) atoms. The number of phenols is 1. The van der Waals surface area contributed by atoms with Crippen LogP contribution in [0.4, 0.5) is 13.2 Å². The number of nitrogens with one attached hydrogen (secondary N) is 1. The Morgan fingerprint density at radius 1 is 1.24 bits per heavy atom. The van der Waals surface area contributed by atoms with Gasteiger partial charge >= 0.3 is 6.18 Å². The Morgan fingerprint density at radius 3 is 2.59 bits per heavy atom. The topological polar surface area (TPSA) is 32.3 Å². The molecule has 5 heteroatoms. The summed E-state index contributed by atoms with van der Waals surface area (Å²) in [6.45, 7) is 0.778. The van der Waals surface area contributed by atoms with Gasteiger partial charge in [0.1, 0.15) is 5.75 Å². The van der Waals surface area contributed by atoms with Crippen LogP contribution in [0.2, 0.25) is 0 Å². The van der Waals surface area contributed by atoms with Crippen molar-refractivity contribution in [2.45, 2.75) is 31.5 Å². The molecule has 1 aromatic rings. The maximum absolute atomic E-state index is 12.6. The van der Waals surface area contributed by atoms with E-state index in [-0.39, 0.29) is 11.8 Å². The number of hydrogen-bond acceptors (Lipinski definition) is 2. The van der Waals surface area contributed by atoms with Crippen molar-refractivity contribution in [3.63, 3.8) is 0 Å². The third-order valence-electron chi connectivity index (χ3n) is 3.04. The molecule has 2 nitrogen and oxygen atoms in total. The first-order valence-corrected chi connectivity index (χ1v) is 5.62. The minimum Gasteiger partial charge on any atom is -0.508 e. The van der Waals surface area contributed by atoms with Crippen molar-refractivity contribution < 1.29 is 18.3 Å². The summed E-state index contributed by atoms with van der Waals surface area (Å²) < 4.78 is 37.7. The van der Waals surface area contributed by atoms with E-state index in [2.05, 4.69) is 5.32 Å². The third-order valence-corrected chi connectivity index (χ3v) is 3.04. The number of rotatable bonds is 1. The molecule has 2 N–H and O–H groups in total. The second-order valence-electron chi connectivity index (χ2n) is 4.27. The number of benzene rings is 1. The lowest BCUT2D eigenvalue weighted by atomic mass is 9.95. The zero-order valence-electron chi connectivity index (χ0n) is 9.22. The summed E-state index contributed by atoms with van der Waals surface area (Å²) in [5, 5.41) is 12.8. The van der Waals surface area contributed by atoms with Crippen molar-refractivity contribution in [2.24, 2.45) is 0 Å². The molecule has 0 aromatic heterocycles. The zero-order valence-corrected chi connectivity index (χ0v) is 9.22. The van der Waals surface area contributed by atoms with E-state index in [0.29, 0.717) is 5.56 Å². The lowest BCUT2D eigenvalue weighted by Gasteiger charge is -2.25. The highest BCUT2D eigenvalue weighted by Crippen LogP contribution is 2.36. The molecule has 1 fully saturated rings. The average molecular weight is 245 g/mol. The quantitative estimate of drug-likeness (QED) is 0.796. The average Bonchev–Trinajstić information content (AvgIpc) is 2.29. The molecule has 2 rings (SSSR count). The summed E-state index contributed by atoms with van der Waals surface area (Å²) in [7, 11) is 0. The van der Waals surface area contributed by atoms with E-state index in [9.17, 15) is 18.3 Å². The summed E-state index contributed by atoms with van der Waals surface area (Å²) in [5.74, 6) is -0.0719. The van der Waals surface area contributed by atoms with Gasteiger partial charge in [0.15, 0.2) is 0 Å². The van der Waals surface area contributed by atoms with Gasteiger partial charge in [0.05, 0.1) is 5.56 Å². The van der Waals surface area contributed by atoms with E-state index in [4.69, 9.17) is 0 Å². The van der Waals surface area contributed by atoms with Gasteiger partial charge in [-0.1, -0.05) is 6.42 Å². The molecule has 94 valence electrons. The van der Waals surface area contributed by atoms with Crippen LogP contribution in [0.3, 0.4) is 0 Å². The van der Waals surface area contributed by atoms with Crippen LogP contribution < -0.4 is 5.32 Å². The smallest absolute Gasteiger partial charge is 0.416 e. The second-order valence-corrected chi connectivity index (χ2v) is 4.27. The Morgan fingerprint density at radius 2 is 2.00 bits per heavy atom. The van der Waals surface area contributed by atoms with E-state index in [1.807, 2.05) is 0 Å². The van der Waals surface area contributed by atoms with Gasteiger partial charge in [-0.3, -0.25) is 0 Å². The largest absolute Gasteiger partial charge is 0.508 e. The first kappa shape index (κ1) is 12.2. The molecule has 1 saturated heterocycles. The van der Waals surface area contributed by atoms with E-state index < -0.39 is 11.7 Å². The Hall–Kier alpha value is -1.23. The van der Waals surface area contributed by atoms with Crippen LogP contribution >= 0.6 is 0 Å². The summed E-state index contributed by atoms with van der Waals surface area (Å²) in [5.41, 5.74) is -0.364. The Labute approximate surface area is 97.5 Å². The van der Waals surface area contributed by atoms with Crippen LogP contribution in [0.5, 0.6) is 5.75 Å². The second kappa shape index (κ2) is 4.56. The fourth-order valence-corrected chi connectivity index (χ4v) is 2.13. The standard InChI is InChI=1S/C12H14F3NO/c13-12(14,15)8-4-5-11(17)9(7-8)10-3-1-2-6-16-10/h4-5,7,10,16-17H,1-3,6H2/t10-/m0/s1. The number of piperidine rings is 1. The van der Waals surface area contributed by atoms with Crippen molar-refractivity contribution in [3.8, 4) is 5.75 Å². The van der Waals surface area contributed by atoms with E-state index in [0.717, 1.165) is 44.0 Å². The van der Waals surface area contributed by atoms with Gasteiger partial charge in [0.2, 0.25) is 0 Å². The minimum atomic E-state index is -4.36. The molecule has 1 aromatic carbocycles. The number of hydrogen-bond donors (Lipinski definition) is 2. The predicted molar refractivity (Wildman–Crippen MR) is 57.7 cm³/mol. The van der Waals surface area contributed by atoms with Gasteiger partial charge in [0, 0.05) is 11.6 Å². The van der Waals surface area contributed by atoms with Crippen molar-refractivity contribution in [3.05, 3.63) is 29.3 Å². The third kappa shape index (κ3) is 2.72. The van der Waals surface area contributed by atoms with E-state index >= 15 is 0 Å². The SMILES string of the molecule is Oc1ccc(C(F)(F)F)cc1[C@@H]1CCCCN1. The molecule has 0 spiro atoms. The summed E-state index contributed by atoms with van der Waals surface area (Å²) >= 11 is 0. The van der Waals surface area contributed by atoms with E-state index in [1.165, 1.54) is 0 Å². The monoisotopic (exact) mass is 245 g/mol. The van der Waals surface area contributed by atoms with Gasteiger partial charge in [0.25, 0.3) is 0 Å². The highest BCUT2D eigenvalue weighted by atomic mass is 19.4. The van der Waals surface area contributed by atoms with Gasteiger partial charge in [-0.25, -0.2) is 0 Å². The van der Waals surface area contributed by atoms with Crippen LogP contribution in [0, 0.1) is 0 Å². The molecule has 0 amide bonds. The van der Waals surface area contributed by atoms with Crippen molar-refractivity contribution >= 4 is 0 Å². The Bertz CT molecular complexity index is 397. The summed E-state index contributed by atoms with van der Waals surface area (Å²) in [4.78, 5) is 0. The van der Waals surface area contributed by atoms with Crippen LogP contribution in [0.15, 0.2) is 18.2 Å². The molecule has 1 aliphatic heterocycles. The molecule has 1 atom stereocenters. The fraction of sp³-hybridized carbons (Fsp3) is 0.500. The van der Waals surface area contributed by atoms with Gasteiger partial charge in [-0.15, -0.1) is 0 Å². The van der Waals surface area contributed by atoms with Crippen LogP contribution in [0.25, 0.3) is 0 Å². The molecule has 0 bridgehead atoms. The molecular formula is C12H14F3NO. The summed E-state index contributed by atoms with van der Waals surface area (Å²) in [6.07, 6.45) is -1.62. The summed E-state index contributed by atoms with van der Waals surface area (Å²) in [6, 6.07) is 2.89. The van der Waals surface area contributed by atoms with Gasteiger partial charge in [-0.2, -0.15) is 13.2 Å². The minimum absolute atomic E-state index is 0.0719. The normalized spacial score (nSPS) is 21.5. The Balaban J connectivity index is 2.31. The van der Waals surface area contributed by atoms with Gasteiger partial charge in [-0.05, 0) is 37.6 Å². The van der Waals surface area contributed by atoms with Crippen molar-refractivity contribution in [2.75, 3.05) is 6.54 Å². The zero-order chi connectivity index (χ0) is 12.5. The fourth-order valence-electron chi connectivity index (χ4n) is 2.13. The van der Waals surface area contributed by atoms with Gasteiger partial charge < -0.3 is 10.4 Å². The number of halogens is 3. The molecule has 0 saturated carbocycles. The van der Waals surface area contributed by atoms with Crippen molar-refractivity contribution in [1.82, 2.24) is 5.32 Å². The number of phenolic OH excluding ortho intramolecular Hbond substituents is 1. The first-order valence-electron chi connectivity index (χ1n) is 5.62. The number of aromatic hydroxyl groups is 1. The molecule has 0 radical (unpaired) electrons. The first-order chi connectivity index (χ1) is 7.98. The highest BCUT2D eigenvalue weighted by molar-refractivity contribution is 5.39. The van der Waals surface area contributed by atoms with E-state index in [1.54, 1.807) is 0 Å². The van der Waals surface area contributed by atoms with Crippen molar-refractivity contribution in [1.29, 1.82) is 0 Å². The van der Waals surface area contributed by atoms with Crippen LogP contribution in [-0.2, 0) is 6.18 Å². The lowest BCUT2D eigenvalue weighted by Crippen LogP contribution is -2.27. The lowest BCUT2D eigenvalue weighted by molar-refractivity contribution is -0.137. The maximum atomic E-state index is 12.6. The molecule has 1 aliphatic rings. The predicted octanol–water partition coefficient (Wildman–Crippen LogP) is 3.23. The Kier molecular flexibility index (Phi) is 3.28. The highest BCUT2D eigenvalue weighted by Gasteiger charge is 2.32.